The van der Waals surface area contributed by atoms with Crippen molar-refractivity contribution < 1.29 is 18.7 Å². The van der Waals surface area contributed by atoms with Crippen molar-refractivity contribution in [2.45, 2.75) is 39.2 Å². The third-order valence-electron chi connectivity index (χ3n) is 4.80. The lowest BCUT2D eigenvalue weighted by Crippen LogP contribution is -2.45. The molecular formula is C21H29FN4O3S. The van der Waals surface area contributed by atoms with Crippen LogP contribution in [0.2, 0.25) is 0 Å². The average molecular weight is 437 g/mol. The molecule has 2 aromatic rings. The maximum Gasteiger partial charge on any atom is 0.410 e. The van der Waals surface area contributed by atoms with E-state index in [1.807, 2.05) is 20.8 Å². The Morgan fingerprint density at radius 1 is 1.40 bits per heavy atom. The lowest BCUT2D eigenvalue weighted by molar-refractivity contribution is -0.117. The second kappa shape index (κ2) is 9.26. The number of nitrogens with one attached hydrogen (secondary N) is 1. The van der Waals surface area contributed by atoms with Crippen LogP contribution in [-0.4, -0.2) is 65.6 Å². The van der Waals surface area contributed by atoms with Crippen LogP contribution in [0.1, 0.15) is 33.6 Å². The molecule has 1 aromatic heterocycles. The molecule has 0 radical (unpaired) electrons. The van der Waals surface area contributed by atoms with Gasteiger partial charge in [0.2, 0.25) is 5.91 Å². The lowest BCUT2D eigenvalue weighted by atomic mass is 9.97. The van der Waals surface area contributed by atoms with E-state index >= 15 is 0 Å². The summed E-state index contributed by atoms with van der Waals surface area (Å²) in [6.07, 6.45) is 1.65. The van der Waals surface area contributed by atoms with E-state index in [1.165, 1.54) is 23.5 Å². The number of hydrogen-bond donors (Lipinski definition) is 1. The summed E-state index contributed by atoms with van der Waals surface area (Å²) < 4.78 is 19.4. The predicted octanol–water partition coefficient (Wildman–Crippen LogP) is 3.95. The van der Waals surface area contributed by atoms with Gasteiger partial charge in [-0.05, 0) is 64.3 Å². The van der Waals surface area contributed by atoms with Crippen LogP contribution in [0.25, 0.3) is 10.2 Å². The minimum atomic E-state index is -0.519. The van der Waals surface area contributed by atoms with Crippen molar-refractivity contribution in [2.24, 2.45) is 5.92 Å². The number of nitrogens with zero attached hydrogens (tertiary/aromatic N) is 3. The number of anilines is 1. The first-order chi connectivity index (χ1) is 14.1. The van der Waals surface area contributed by atoms with Crippen molar-refractivity contribution >= 4 is 38.7 Å². The second-order valence-electron chi connectivity index (χ2n) is 8.78. The maximum atomic E-state index is 13.3. The molecule has 0 bridgehead atoms. The number of benzene rings is 1. The molecule has 9 heteroatoms. The highest BCUT2D eigenvalue weighted by molar-refractivity contribution is 7.22. The van der Waals surface area contributed by atoms with Crippen LogP contribution in [0.5, 0.6) is 0 Å². The molecule has 1 aromatic carbocycles. The quantitative estimate of drug-likeness (QED) is 0.768. The fraction of sp³-hybridized carbons (Fsp3) is 0.571. The number of piperidine rings is 1. The first kappa shape index (κ1) is 22.4. The van der Waals surface area contributed by atoms with E-state index in [1.54, 1.807) is 18.0 Å². The normalized spacial score (nSPS) is 17.7. The largest absolute Gasteiger partial charge is 0.444 e. The molecule has 1 aliphatic heterocycles. The number of hydrogen-bond acceptors (Lipinski definition) is 6. The van der Waals surface area contributed by atoms with E-state index in [9.17, 15) is 14.0 Å². The van der Waals surface area contributed by atoms with E-state index in [0.717, 1.165) is 25.9 Å². The van der Waals surface area contributed by atoms with Crippen molar-refractivity contribution in [1.29, 1.82) is 0 Å². The number of carbonyl (C=O) groups excluding carboxylic acids is 2. The van der Waals surface area contributed by atoms with Gasteiger partial charge in [0.1, 0.15) is 11.4 Å². The van der Waals surface area contributed by atoms with E-state index in [0.29, 0.717) is 21.9 Å². The lowest BCUT2D eigenvalue weighted by Gasteiger charge is -2.34. The minimum Gasteiger partial charge on any atom is -0.444 e. The monoisotopic (exact) mass is 436 g/mol. The second-order valence-corrected chi connectivity index (χ2v) is 9.81. The number of carbonyl (C=O) groups is 2. The molecule has 1 atom stereocenters. The number of thiazole rings is 1. The van der Waals surface area contributed by atoms with Crippen LogP contribution in [-0.2, 0) is 9.53 Å². The fourth-order valence-electron chi connectivity index (χ4n) is 3.56. The number of amides is 2. The van der Waals surface area contributed by atoms with Crippen molar-refractivity contribution in [2.75, 3.05) is 38.5 Å². The summed E-state index contributed by atoms with van der Waals surface area (Å²) in [5.74, 6) is -0.176. The Labute approximate surface area is 180 Å². The van der Waals surface area contributed by atoms with E-state index < -0.39 is 5.60 Å². The third kappa shape index (κ3) is 6.37. The molecule has 164 valence electrons. The summed E-state index contributed by atoms with van der Waals surface area (Å²) in [6.45, 7) is 7.98. The van der Waals surface area contributed by atoms with Gasteiger partial charge < -0.3 is 15.0 Å². The summed E-state index contributed by atoms with van der Waals surface area (Å²) in [6, 6.07) is 4.38. The standard InChI is InChI=1S/C21H29FN4O3S/c1-21(2,3)29-20(28)25(4)11-14-6-5-9-26(12-14)13-18(27)24-19-23-16-8-7-15(22)10-17(16)30-19/h7-8,10,14H,5-6,9,11-13H2,1-4H3,(H,23,24,27). The zero-order valence-electron chi connectivity index (χ0n) is 17.9. The minimum absolute atomic E-state index is 0.143. The fourth-order valence-corrected chi connectivity index (χ4v) is 4.47. The van der Waals surface area contributed by atoms with Gasteiger partial charge in [0, 0.05) is 20.1 Å². The molecule has 1 N–H and O–H groups in total. The summed E-state index contributed by atoms with van der Waals surface area (Å²) >= 11 is 1.26. The Morgan fingerprint density at radius 2 is 2.17 bits per heavy atom. The van der Waals surface area contributed by atoms with E-state index in [2.05, 4.69) is 15.2 Å². The highest BCUT2D eigenvalue weighted by atomic mass is 32.1. The summed E-state index contributed by atoms with van der Waals surface area (Å²) in [7, 11) is 1.75. The number of aromatic nitrogens is 1. The first-order valence-electron chi connectivity index (χ1n) is 10.1. The molecule has 1 fully saturated rings. The number of rotatable bonds is 5. The Balaban J connectivity index is 1.50. The van der Waals surface area contributed by atoms with Crippen LogP contribution in [0.15, 0.2) is 18.2 Å². The van der Waals surface area contributed by atoms with E-state index in [-0.39, 0.29) is 30.3 Å². The molecule has 7 nitrogen and oxygen atoms in total. The van der Waals surface area contributed by atoms with Gasteiger partial charge >= 0.3 is 6.09 Å². The summed E-state index contributed by atoms with van der Waals surface area (Å²) in [4.78, 5) is 32.7. The van der Waals surface area contributed by atoms with Crippen LogP contribution >= 0.6 is 11.3 Å². The van der Waals surface area contributed by atoms with Gasteiger partial charge in [-0.2, -0.15) is 0 Å². The van der Waals surface area contributed by atoms with Crippen molar-refractivity contribution in [3.05, 3.63) is 24.0 Å². The molecule has 0 aliphatic carbocycles. The number of likely N-dealkylation sites (tertiary alicyclic amines) is 1. The SMILES string of the molecule is CN(CC1CCCN(CC(=O)Nc2nc3ccc(F)cc3s2)C1)C(=O)OC(C)(C)C. The smallest absolute Gasteiger partial charge is 0.410 e. The van der Waals surface area contributed by atoms with Crippen LogP contribution in [0.3, 0.4) is 0 Å². The molecule has 1 saturated heterocycles. The van der Waals surface area contributed by atoms with Gasteiger partial charge in [-0.1, -0.05) is 11.3 Å². The van der Waals surface area contributed by atoms with Crippen LogP contribution in [0.4, 0.5) is 14.3 Å². The van der Waals surface area contributed by atoms with Crippen LogP contribution in [0, 0.1) is 11.7 Å². The Bertz CT molecular complexity index is 911. The molecule has 2 heterocycles. The molecular weight excluding hydrogens is 407 g/mol. The third-order valence-corrected chi connectivity index (χ3v) is 5.74. The summed E-state index contributed by atoms with van der Waals surface area (Å²) in [5.41, 5.74) is 0.147. The van der Waals surface area contributed by atoms with Crippen molar-refractivity contribution in [3.8, 4) is 0 Å². The van der Waals surface area contributed by atoms with Gasteiger partial charge in [0.25, 0.3) is 0 Å². The zero-order valence-corrected chi connectivity index (χ0v) is 18.7. The molecule has 1 aliphatic rings. The van der Waals surface area contributed by atoms with Crippen LogP contribution < -0.4 is 5.32 Å². The molecule has 0 saturated carbocycles. The highest BCUT2D eigenvalue weighted by Gasteiger charge is 2.26. The number of halogens is 1. The predicted molar refractivity (Wildman–Crippen MR) is 116 cm³/mol. The Kier molecular flexibility index (Phi) is 6.92. The van der Waals surface area contributed by atoms with Gasteiger partial charge in [0.05, 0.1) is 16.8 Å². The average Bonchev–Trinajstić information content (AvgIpc) is 3.01. The van der Waals surface area contributed by atoms with Gasteiger partial charge in [-0.3, -0.25) is 9.69 Å². The van der Waals surface area contributed by atoms with E-state index in [4.69, 9.17) is 4.74 Å². The molecule has 2 amide bonds. The van der Waals surface area contributed by atoms with Crippen molar-refractivity contribution in [1.82, 2.24) is 14.8 Å². The van der Waals surface area contributed by atoms with Gasteiger partial charge in [0.15, 0.2) is 5.13 Å². The molecule has 3 rings (SSSR count). The van der Waals surface area contributed by atoms with Gasteiger partial charge in [-0.15, -0.1) is 0 Å². The highest BCUT2D eigenvalue weighted by Crippen LogP contribution is 2.26. The number of ether oxygens (including phenoxy) is 1. The van der Waals surface area contributed by atoms with Gasteiger partial charge in [-0.25, -0.2) is 14.2 Å². The maximum absolute atomic E-state index is 13.3. The Morgan fingerprint density at radius 3 is 2.90 bits per heavy atom. The zero-order chi connectivity index (χ0) is 21.9. The molecule has 30 heavy (non-hydrogen) atoms. The first-order valence-corrected chi connectivity index (χ1v) is 10.9. The molecule has 1 unspecified atom stereocenters. The number of fused-ring (bicyclic) bond motifs is 1. The topological polar surface area (TPSA) is 74.8 Å². The Hall–Kier alpha value is -2.26. The summed E-state index contributed by atoms with van der Waals surface area (Å²) in [5, 5.41) is 3.29. The van der Waals surface area contributed by atoms with Crippen molar-refractivity contribution in [3.63, 3.8) is 0 Å². The molecule has 0 spiro atoms.